The van der Waals surface area contributed by atoms with E-state index in [-0.39, 0.29) is 5.75 Å². The quantitative estimate of drug-likeness (QED) is 0.693. The molecule has 4 rings (SSSR count). The summed E-state index contributed by atoms with van der Waals surface area (Å²) < 4.78 is 41.5. The van der Waals surface area contributed by atoms with Crippen LogP contribution in [0.5, 0.6) is 5.75 Å². The van der Waals surface area contributed by atoms with Crippen molar-refractivity contribution in [1.29, 1.82) is 0 Å². The highest BCUT2D eigenvalue weighted by Gasteiger charge is 2.31. The van der Waals surface area contributed by atoms with Crippen molar-refractivity contribution in [2.75, 3.05) is 0 Å². The summed E-state index contributed by atoms with van der Waals surface area (Å²) in [6.07, 6.45) is 3.47. The Labute approximate surface area is 132 Å². The van der Waals surface area contributed by atoms with Gasteiger partial charge in [-0.05, 0) is 71.2 Å². The second-order valence-electron chi connectivity index (χ2n) is 5.97. The van der Waals surface area contributed by atoms with Crippen LogP contribution < -0.4 is 4.74 Å². The van der Waals surface area contributed by atoms with E-state index >= 15 is 0 Å². The number of rotatable bonds is 1. The van der Waals surface area contributed by atoms with Gasteiger partial charge in [-0.2, -0.15) is 0 Å². The molecule has 0 aromatic heterocycles. The van der Waals surface area contributed by atoms with E-state index in [1.54, 1.807) is 6.07 Å². The first kappa shape index (κ1) is 14.4. The van der Waals surface area contributed by atoms with Gasteiger partial charge in [0.1, 0.15) is 5.75 Å². The van der Waals surface area contributed by atoms with Crippen molar-refractivity contribution in [1.82, 2.24) is 0 Å². The third-order valence-corrected chi connectivity index (χ3v) is 4.58. The molecule has 0 amide bonds. The fourth-order valence-corrected chi connectivity index (χ4v) is 3.62. The number of ether oxygens (including phenoxy) is 1. The maximum atomic E-state index is 12.5. The van der Waals surface area contributed by atoms with Crippen molar-refractivity contribution in [3.8, 4) is 16.9 Å². The van der Waals surface area contributed by atoms with Gasteiger partial charge in [-0.3, -0.25) is 0 Å². The molecule has 0 saturated heterocycles. The Balaban J connectivity index is 1.82. The smallest absolute Gasteiger partial charge is 0.406 e. The zero-order valence-corrected chi connectivity index (χ0v) is 12.4. The van der Waals surface area contributed by atoms with E-state index < -0.39 is 6.36 Å². The lowest BCUT2D eigenvalue weighted by atomic mass is 9.79. The van der Waals surface area contributed by atoms with Crippen molar-refractivity contribution in [3.05, 3.63) is 58.7 Å². The molecule has 2 aliphatic carbocycles. The second kappa shape index (κ2) is 5.15. The SMILES string of the molecule is FC(F)(F)Oc1ccc2c(c1)-c1ccc3c(c1CC2)CCC=C3. The van der Waals surface area contributed by atoms with Crippen LogP contribution in [-0.4, -0.2) is 6.36 Å². The molecular formula is C19H15F3O. The lowest BCUT2D eigenvalue weighted by Gasteiger charge is -2.25. The van der Waals surface area contributed by atoms with E-state index in [9.17, 15) is 13.2 Å². The third kappa shape index (κ3) is 2.62. The molecule has 0 fully saturated rings. The van der Waals surface area contributed by atoms with Crippen LogP contribution in [0, 0.1) is 0 Å². The van der Waals surface area contributed by atoms with Crippen LogP contribution in [0.3, 0.4) is 0 Å². The first-order valence-corrected chi connectivity index (χ1v) is 7.71. The molecule has 118 valence electrons. The van der Waals surface area contributed by atoms with Crippen LogP contribution in [0.2, 0.25) is 0 Å². The minimum Gasteiger partial charge on any atom is -0.406 e. The molecule has 0 atom stereocenters. The third-order valence-electron chi connectivity index (χ3n) is 4.58. The molecule has 0 aliphatic heterocycles. The number of benzene rings is 2. The second-order valence-corrected chi connectivity index (χ2v) is 5.97. The van der Waals surface area contributed by atoms with Crippen LogP contribution in [0.15, 0.2) is 36.4 Å². The van der Waals surface area contributed by atoms with Gasteiger partial charge in [-0.15, -0.1) is 13.2 Å². The summed E-state index contributed by atoms with van der Waals surface area (Å²) in [4.78, 5) is 0. The van der Waals surface area contributed by atoms with Gasteiger partial charge >= 0.3 is 6.36 Å². The fraction of sp³-hybridized carbons (Fsp3) is 0.263. The minimum absolute atomic E-state index is 0.151. The highest BCUT2D eigenvalue weighted by molar-refractivity contribution is 5.78. The monoisotopic (exact) mass is 316 g/mol. The van der Waals surface area contributed by atoms with Crippen LogP contribution in [-0.2, 0) is 19.3 Å². The van der Waals surface area contributed by atoms with E-state index in [2.05, 4.69) is 23.0 Å². The topological polar surface area (TPSA) is 9.23 Å². The lowest BCUT2D eigenvalue weighted by molar-refractivity contribution is -0.274. The van der Waals surface area contributed by atoms with Crippen LogP contribution in [0.1, 0.15) is 28.7 Å². The summed E-state index contributed by atoms with van der Waals surface area (Å²) in [5.41, 5.74) is 6.86. The molecule has 0 bridgehead atoms. The molecule has 2 aromatic rings. The van der Waals surface area contributed by atoms with Crippen molar-refractivity contribution in [2.24, 2.45) is 0 Å². The van der Waals surface area contributed by atoms with Crippen molar-refractivity contribution < 1.29 is 17.9 Å². The highest BCUT2D eigenvalue weighted by Crippen LogP contribution is 2.40. The number of hydrogen-bond donors (Lipinski definition) is 0. The Hall–Kier alpha value is -2.23. The Morgan fingerprint density at radius 3 is 2.57 bits per heavy atom. The van der Waals surface area contributed by atoms with Gasteiger partial charge in [-0.1, -0.05) is 30.4 Å². The van der Waals surface area contributed by atoms with Gasteiger partial charge in [0.2, 0.25) is 0 Å². The van der Waals surface area contributed by atoms with Gasteiger partial charge in [0.05, 0.1) is 0 Å². The molecule has 0 N–H and O–H groups in total. The molecule has 0 saturated carbocycles. The summed E-state index contributed by atoms with van der Waals surface area (Å²) in [5, 5.41) is 0. The van der Waals surface area contributed by atoms with E-state index in [1.807, 2.05) is 6.07 Å². The number of allylic oxidation sites excluding steroid dienone is 1. The predicted octanol–water partition coefficient (Wildman–Crippen LogP) is 5.31. The van der Waals surface area contributed by atoms with Gasteiger partial charge in [0, 0.05) is 0 Å². The van der Waals surface area contributed by atoms with Crippen molar-refractivity contribution in [3.63, 3.8) is 0 Å². The zero-order valence-electron chi connectivity index (χ0n) is 12.4. The summed E-state index contributed by atoms with van der Waals surface area (Å²) in [5.74, 6) is -0.151. The Morgan fingerprint density at radius 1 is 0.870 bits per heavy atom. The average Bonchev–Trinajstić information content (AvgIpc) is 2.52. The van der Waals surface area contributed by atoms with Crippen molar-refractivity contribution >= 4 is 6.08 Å². The first-order chi connectivity index (χ1) is 11.0. The number of aryl methyl sites for hydroxylation is 1. The van der Waals surface area contributed by atoms with Gasteiger partial charge < -0.3 is 4.74 Å². The van der Waals surface area contributed by atoms with Gasteiger partial charge in [-0.25, -0.2) is 0 Å². The lowest BCUT2D eigenvalue weighted by Crippen LogP contribution is -2.17. The summed E-state index contributed by atoms with van der Waals surface area (Å²) in [6, 6.07) is 8.76. The van der Waals surface area contributed by atoms with E-state index in [0.29, 0.717) is 0 Å². The number of hydrogen-bond acceptors (Lipinski definition) is 1. The largest absolute Gasteiger partial charge is 0.573 e. The fourth-order valence-electron chi connectivity index (χ4n) is 3.62. The molecule has 0 heterocycles. The first-order valence-electron chi connectivity index (χ1n) is 7.71. The predicted molar refractivity (Wildman–Crippen MR) is 83.3 cm³/mol. The van der Waals surface area contributed by atoms with Crippen LogP contribution in [0.25, 0.3) is 17.2 Å². The molecule has 1 nitrogen and oxygen atoms in total. The van der Waals surface area contributed by atoms with E-state index in [4.69, 9.17) is 0 Å². The van der Waals surface area contributed by atoms with Crippen LogP contribution >= 0.6 is 0 Å². The number of fused-ring (bicyclic) bond motifs is 5. The molecule has 2 aromatic carbocycles. The van der Waals surface area contributed by atoms with E-state index in [1.165, 1.54) is 28.8 Å². The van der Waals surface area contributed by atoms with Crippen LogP contribution in [0.4, 0.5) is 13.2 Å². The highest BCUT2D eigenvalue weighted by atomic mass is 19.4. The van der Waals surface area contributed by atoms with Gasteiger partial charge in [0.25, 0.3) is 0 Å². The Kier molecular flexibility index (Phi) is 3.22. The molecule has 0 radical (unpaired) electrons. The zero-order chi connectivity index (χ0) is 16.0. The van der Waals surface area contributed by atoms with E-state index in [0.717, 1.165) is 42.4 Å². The summed E-state index contributed by atoms with van der Waals surface area (Å²) in [7, 11) is 0. The molecule has 23 heavy (non-hydrogen) atoms. The molecule has 0 unspecified atom stereocenters. The molecule has 4 heteroatoms. The van der Waals surface area contributed by atoms with Crippen molar-refractivity contribution in [2.45, 2.75) is 32.0 Å². The summed E-state index contributed by atoms with van der Waals surface area (Å²) in [6.45, 7) is 0. The minimum atomic E-state index is -4.66. The Morgan fingerprint density at radius 2 is 1.74 bits per heavy atom. The number of alkyl halides is 3. The maximum absolute atomic E-state index is 12.5. The average molecular weight is 316 g/mol. The molecular weight excluding hydrogens is 301 g/mol. The van der Waals surface area contributed by atoms with Gasteiger partial charge in [0.15, 0.2) is 0 Å². The molecule has 0 spiro atoms. The molecule has 2 aliphatic rings. The standard InChI is InChI=1S/C19H15F3O/c20-19(21,22)23-14-8-5-13-7-9-16-15-4-2-1-3-12(15)6-10-17(16)18(13)11-14/h1,3,5-6,8,10-11H,2,4,7,9H2. The summed E-state index contributed by atoms with van der Waals surface area (Å²) >= 11 is 0. The Bertz CT molecular complexity index is 803. The number of halogens is 3. The normalized spacial score (nSPS) is 15.6. The maximum Gasteiger partial charge on any atom is 0.573 e.